The number of hydrogen-bond acceptors (Lipinski definition) is 3. The molecule has 3 heteroatoms. The van der Waals surface area contributed by atoms with Gasteiger partial charge < -0.3 is 10.1 Å². The molecule has 1 spiro atoms. The van der Waals surface area contributed by atoms with Gasteiger partial charge in [0.25, 0.3) is 0 Å². The highest BCUT2D eigenvalue weighted by atomic mass is 16.5. The molecule has 0 aromatic heterocycles. The summed E-state index contributed by atoms with van der Waals surface area (Å²) in [6, 6.07) is 0. The fourth-order valence-corrected chi connectivity index (χ4v) is 3.02. The summed E-state index contributed by atoms with van der Waals surface area (Å²) < 4.78 is 5.17. The maximum Gasteiger partial charge on any atom is 0.0589 e. The summed E-state index contributed by atoms with van der Waals surface area (Å²) in [5.74, 6) is 0. The predicted octanol–water partition coefficient (Wildman–Crippen LogP) is 1.24. The first-order chi connectivity index (χ1) is 7.35. The lowest BCUT2D eigenvalue weighted by molar-refractivity contribution is 0.133. The van der Waals surface area contributed by atoms with Crippen molar-refractivity contribution in [2.24, 2.45) is 0 Å². The Morgan fingerprint density at radius 1 is 1.27 bits per heavy atom. The normalized spacial score (nSPS) is 27.0. The standard InChI is InChI=1S/C12H24N2O/c1-15-10-9-14-8-4-7-13-12(11-14)5-2-3-6-12/h13H,2-11H2,1H3. The Labute approximate surface area is 93.2 Å². The summed E-state index contributed by atoms with van der Waals surface area (Å²) in [5, 5.41) is 3.78. The largest absolute Gasteiger partial charge is 0.383 e. The van der Waals surface area contributed by atoms with Crippen LogP contribution in [0.25, 0.3) is 0 Å². The molecule has 2 fully saturated rings. The zero-order chi connectivity index (χ0) is 10.6. The second-order valence-electron chi connectivity index (χ2n) is 5.04. The van der Waals surface area contributed by atoms with Gasteiger partial charge in [0.15, 0.2) is 0 Å². The number of nitrogens with one attached hydrogen (secondary N) is 1. The highest BCUT2D eigenvalue weighted by molar-refractivity contribution is 4.96. The Bertz CT molecular complexity index is 190. The molecule has 1 saturated carbocycles. The molecule has 1 aliphatic carbocycles. The van der Waals surface area contributed by atoms with Crippen LogP contribution in [0.5, 0.6) is 0 Å². The molecule has 2 aliphatic rings. The van der Waals surface area contributed by atoms with Crippen molar-refractivity contribution < 1.29 is 4.74 Å². The van der Waals surface area contributed by atoms with Gasteiger partial charge in [0.05, 0.1) is 6.61 Å². The van der Waals surface area contributed by atoms with E-state index < -0.39 is 0 Å². The first kappa shape index (κ1) is 11.4. The van der Waals surface area contributed by atoms with E-state index in [9.17, 15) is 0 Å². The monoisotopic (exact) mass is 212 g/mol. The van der Waals surface area contributed by atoms with Crippen molar-refractivity contribution in [2.45, 2.75) is 37.6 Å². The third-order valence-corrected chi connectivity index (χ3v) is 3.85. The van der Waals surface area contributed by atoms with Gasteiger partial charge >= 0.3 is 0 Å². The fraction of sp³-hybridized carbons (Fsp3) is 1.00. The molecule has 0 aromatic rings. The number of nitrogens with zero attached hydrogens (tertiary/aromatic N) is 1. The first-order valence-corrected chi connectivity index (χ1v) is 6.31. The summed E-state index contributed by atoms with van der Waals surface area (Å²) in [4.78, 5) is 2.58. The molecule has 1 aliphatic heterocycles. The van der Waals surface area contributed by atoms with Crippen LogP contribution in [-0.4, -0.2) is 50.3 Å². The van der Waals surface area contributed by atoms with E-state index in [0.717, 1.165) is 13.2 Å². The van der Waals surface area contributed by atoms with Gasteiger partial charge in [-0.3, -0.25) is 4.90 Å². The number of rotatable bonds is 3. The molecular formula is C12H24N2O. The number of ether oxygens (including phenoxy) is 1. The second-order valence-corrected chi connectivity index (χ2v) is 5.04. The van der Waals surface area contributed by atoms with Gasteiger partial charge in [-0.2, -0.15) is 0 Å². The number of hydrogen-bond donors (Lipinski definition) is 1. The van der Waals surface area contributed by atoms with Gasteiger partial charge in [-0.1, -0.05) is 12.8 Å². The van der Waals surface area contributed by atoms with Crippen LogP contribution in [0.2, 0.25) is 0 Å². The molecule has 1 heterocycles. The average molecular weight is 212 g/mol. The highest BCUT2D eigenvalue weighted by Gasteiger charge is 2.35. The van der Waals surface area contributed by atoms with Crippen molar-refractivity contribution >= 4 is 0 Å². The lowest BCUT2D eigenvalue weighted by atomic mass is 9.97. The molecule has 3 nitrogen and oxygen atoms in total. The summed E-state index contributed by atoms with van der Waals surface area (Å²) in [6.45, 7) is 5.63. The first-order valence-electron chi connectivity index (χ1n) is 6.31. The molecule has 0 radical (unpaired) electrons. The van der Waals surface area contributed by atoms with Crippen LogP contribution in [0.4, 0.5) is 0 Å². The van der Waals surface area contributed by atoms with Gasteiger partial charge in [0.2, 0.25) is 0 Å². The minimum absolute atomic E-state index is 0.449. The van der Waals surface area contributed by atoms with E-state index in [1.54, 1.807) is 7.11 Å². The second kappa shape index (κ2) is 5.28. The van der Waals surface area contributed by atoms with Crippen LogP contribution >= 0.6 is 0 Å². The SMILES string of the molecule is COCCN1CCCNC2(CCCC2)C1. The summed E-state index contributed by atoms with van der Waals surface area (Å²) >= 11 is 0. The van der Waals surface area contributed by atoms with Crippen molar-refractivity contribution in [3.05, 3.63) is 0 Å². The van der Waals surface area contributed by atoms with E-state index in [2.05, 4.69) is 10.2 Å². The van der Waals surface area contributed by atoms with E-state index in [4.69, 9.17) is 4.74 Å². The maximum atomic E-state index is 5.17. The van der Waals surface area contributed by atoms with Crippen LogP contribution in [-0.2, 0) is 4.74 Å². The molecule has 15 heavy (non-hydrogen) atoms. The van der Waals surface area contributed by atoms with Gasteiger partial charge in [0, 0.05) is 25.7 Å². The molecule has 0 bridgehead atoms. The van der Waals surface area contributed by atoms with Crippen molar-refractivity contribution in [1.29, 1.82) is 0 Å². The minimum atomic E-state index is 0.449. The van der Waals surface area contributed by atoms with E-state index in [1.807, 2.05) is 0 Å². The average Bonchev–Trinajstić information content (AvgIpc) is 2.58. The quantitative estimate of drug-likeness (QED) is 0.762. The third kappa shape index (κ3) is 2.92. The Hall–Kier alpha value is -0.120. The van der Waals surface area contributed by atoms with E-state index in [0.29, 0.717) is 5.54 Å². The zero-order valence-corrected chi connectivity index (χ0v) is 9.93. The summed E-state index contributed by atoms with van der Waals surface area (Å²) in [6.07, 6.45) is 6.84. The molecule has 88 valence electrons. The van der Waals surface area contributed by atoms with Crippen LogP contribution < -0.4 is 5.32 Å². The molecule has 0 atom stereocenters. The van der Waals surface area contributed by atoms with Crippen molar-refractivity contribution in [2.75, 3.05) is 39.9 Å². The Balaban J connectivity index is 1.89. The Morgan fingerprint density at radius 3 is 2.80 bits per heavy atom. The van der Waals surface area contributed by atoms with Crippen LogP contribution in [0.3, 0.4) is 0 Å². The molecule has 0 amide bonds. The van der Waals surface area contributed by atoms with E-state index >= 15 is 0 Å². The molecule has 1 saturated heterocycles. The van der Waals surface area contributed by atoms with Crippen molar-refractivity contribution in [3.63, 3.8) is 0 Å². The summed E-state index contributed by atoms with van der Waals surface area (Å²) in [7, 11) is 1.79. The lowest BCUT2D eigenvalue weighted by Gasteiger charge is -2.33. The smallest absolute Gasteiger partial charge is 0.0589 e. The van der Waals surface area contributed by atoms with Crippen LogP contribution in [0.1, 0.15) is 32.1 Å². The molecule has 0 unspecified atom stereocenters. The summed E-state index contributed by atoms with van der Waals surface area (Å²) in [5.41, 5.74) is 0.449. The fourth-order valence-electron chi connectivity index (χ4n) is 3.02. The van der Waals surface area contributed by atoms with E-state index in [1.165, 1.54) is 51.7 Å². The van der Waals surface area contributed by atoms with Gasteiger partial charge in [0.1, 0.15) is 0 Å². The molecule has 2 rings (SSSR count). The number of methoxy groups -OCH3 is 1. The predicted molar refractivity (Wildman–Crippen MR) is 62.1 cm³/mol. The van der Waals surface area contributed by atoms with Gasteiger partial charge in [-0.25, -0.2) is 0 Å². The Morgan fingerprint density at radius 2 is 2.07 bits per heavy atom. The van der Waals surface area contributed by atoms with E-state index in [-0.39, 0.29) is 0 Å². The van der Waals surface area contributed by atoms with Crippen molar-refractivity contribution in [1.82, 2.24) is 10.2 Å². The molecule has 0 aromatic carbocycles. The van der Waals surface area contributed by atoms with Crippen molar-refractivity contribution in [3.8, 4) is 0 Å². The maximum absolute atomic E-state index is 5.17. The Kier molecular flexibility index (Phi) is 4.00. The van der Waals surface area contributed by atoms with Crippen LogP contribution in [0.15, 0.2) is 0 Å². The highest BCUT2D eigenvalue weighted by Crippen LogP contribution is 2.31. The minimum Gasteiger partial charge on any atom is -0.383 e. The molecule has 1 N–H and O–H groups in total. The van der Waals surface area contributed by atoms with Gasteiger partial charge in [-0.15, -0.1) is 0 Å². The lowest BCUT2D eigenvalue weighted by Crippen LogP contribution is -2.49. The zero-order valence-electron chi connectivity index (χ0n) is 9.93. The van der Waals surface area contributed by atoms with Gasteiger partial charge in [-0.05, 0) is 32.4 Å². The molecular weight excluding hydrogens is 188 g/mol. The van der Waals surface area contributed by atoms with Crippen LogP contribution in [0, 0.1) is 0 Å². The third-order valence-electron chi connectivity index (χ3n) is 3.85. The topological polar surface area (TPSA) is 24.5 Å².